The van der Waals surface area contributed by atoms with Gasteiger partial charge in [0.2, 0.25) is 10.0 Å². The minimum Gasteiger partial charge on any atom is -0.258 e. The molecule has 0 radical (unpaired) electrons. The smallest absolute Gasteiger partial charge is 0.258 e. The second-order valence-corrected chi connectivity index (χ2v) is 4.90. The van der Waals surface area contributed by atoms with Gasteiger partial charge in [0.15, 0.2) is 4.90 Å². The van der Waals surface area contributed by atoms with Gasteiger partial charge in [0.1, 0.15) is 6.54 Å². The van der Waals surface area contributed by atoms with Crippen molar-refractivity contribution < 1.29 is 26.5 Å². The van der Waals surface area contributed by atoms with Crippen molar-refractivity contribution in [3.8, 4) is 0 Å². The Morgan fingerprint density at radius 3 is 2.33 bits per heavy atom. The number of halogens is 3. The molecular formula is C8H7F3N2O4S. The van der Waals surface area contributed by atoms with Crippen LogP contribution >= 0.6 is 0 Å². The van der Waals surface area contributed by atoms with Crippen LogP contribution in [0.4, 0.5) is 18.9 Å². The number of benzene rings is 1. The monoisotopic (exact) mass is 284 g/mol. The minimum absolute atomic E-state index is 0.785. The standard InChI is InChI=1S/C8H7F3N2O4S/c9-8(10,11)5-12-18(16,17)7-4-2-1-3-6(7)13(14)15/h1-4,12H,5H2. The van der Waals surface area contributed by atoms with Crippen LogP contribution in [0.15, 0.2) is 29.2 Å². The van der Waals surface area contributed by atoms with Crippen molar-refractivity contribution in [1.29, 1.82) is 0 Å². The largest absolute Gasteiger partial charge is 0.402 e. The van der Waals surface area contributed by atoms with Crippen molar-refractivity contribution in [3.05, 3.63) is 34.4 Å². The minimum atomic E-state index is -4.74. The van der Waals surface area contributed by atoms with Gasteiger partial charge in [-0.25, -0.2) is 13.1 Å². The molecule has 1 aromatic rings. The van der Waals surface area contributed by atoms with E-state index in [1.165, 1.54) is 16.9 Å². The fraction of sp³-hybridized carbons (Fsp3) is 0.250. The Bertz CT molecular complexity index is 556. The summed E-state index contributed by atoms with van der Waals surface area (Å²) in [7, 11) is -4.58. The topological polar surface area (TPSA) is 89.3 Å². The van der Waals surface area contributed by atoms with E-state index in [0.29, 0.717) is 0 Å². The molecule has 0 saturated heterocycles. The summed E-state index contributed by atoms with van der Waals surface area (Å²) in [6, 6.07) is 4.13. The maximum absolute atomic E-state index is 11.9. The van der Waals surface area contributed by atoms with E-state index in [4.69, 9.17) is 0 Å². The van der Waals surface area contributed by atoms with Crippen LogP contribution < -0.4 is 4.72 Å². The van der Waals surface area contributed by atoms with E-state index in [1.807, 2.05) is 0 Å². The Labute approximate surface area is 99.6 Å². The first-order valence-corrected chi connectivity index (χ1v) is 5.91. The van der Waals surface area contributed by atoms with E-state index in [-0.39, 0.29) is 0 Å². The lowest BCUT2D eigenvalue weighted by atomic mass is 10.3. The summed E-state index contributed by atoms with van der Waals surface area (Å²) in [6.45, 7) is -1.79. The van der Waals surface area contributed by atoms with Crippen LogP contribution in [-0.4, -0.2) is 26.1 Å². The molecule has 0 aromatic heterocycles. The van der Waals surface area contributed by atoms with Gasteiger partial charge in [-0.2, -0.15) is 13.2 Å². The molecule has 6 nitrogen and oxygen atoms in total. The third-order valence-corrected chi connectivity index (χ3v) is 3.26. The predicted molar refractivity (Wildman–Crippen MR) is 54.3 cm³/mol. The van der Waals surface area contributed by atoms with Crippen molar-refractivity contribution in [2.45, 2.75) is 11.1 Å². The molecule has 0 aliphatic heterocycles. The van der Waals surface area contributed by atoms with Gasteiger partial charge in [-0.05, 0) is 6.07 Å². The van der Waals surface area contributed by atoms with Crippen LogP contribution in [0.2, 0.25) is 0 Å². The molecule has 0 saturated carbocycles. The van der Waals surface area contributed by atoms with Gasteiger partial charge in [0.25, 0.3) is 5.69 Å². The Morgan fingerprint density at radius 2 is 1.83 bits per heavy atom. The fourth-order valence-corrected chi connectivity index (χ4v) is 2.27. The molecule has 0 amide bonds. The number of rotatable bonds is 4. The number of para-hydroxylation sites is 1. The molecule has 0 fully saturated rings. The van der Waals surface area contributed by atoms with Crippen LogP contribution in [0.25, 0.3) is 0 Å². The SMILES string of the molecule is O=[N+]([O-])c1ccccc1S(=O)(=O)NCC(F)(F)F. The van der Waals surface area contributed by atoms with Gasteiger partial charge in [-0.1, -0.05) is 12.1 Å². The molecule has 0 spiro atoms. The number of nitrogens with one attached hydrogen (secondary N) is 1. The average Bonchev–Trinajstić information content (AvgIpc) is 2.26. The second-order valence-electron chi connectivity index (χ2n) is 3.16. The first-order chi connectivity index (χ1) is 8.13. The highest BCUT2D eigenvalue weighted by Crippen LogP contribution is 2.23. The van der Waals surface area contributed by atoms with Gasteiger partial charge in [0.05, 0.1) is 4.92 Å². The number of nitro groups is 1. The van der Waals surface area contributed by atoms with Gasteiger partial charge < -0.3 is 0 Å². The first kappa shape index (κ1) is 14.4. The molecule has 0 heterocycles. The molecular weight excluding hydrogens is 277 g/mol. The lowest BCUT2D eigenvalue weighted by Crippen LogP contribution is -2.34. The summed E-state index contributed by atoms with van der Waals surface area (Å²) in [4.78, 5) is 8.77. The number of alkyl halides is 3. The van der Waals surface area contributed by atoms with E-state index < -0.39 is 38.3 Å². The highest BCUT2D eigenvalue weighted by molar-refractivity contribution is 7.89. The summed E-state index contributed by atoms with van der Waals surface area (Å²) in [5, 5.41) is 10.6. The van der Waals surface area contributed by atoms with Crippen LogP contribution in [0.3, 0.4) is 0 Å². The normalized spacial score (nSPS) is 12.4. The lowest BCUT2D eigenvalue weighted by Gasteiger charge is -2.09. The Hall–Kier alpha value is -1.68. The third-order valence-electron chi connectivity index (χ3n) is 1.81. The summed E-state index contributed by atoms with van der Waals surface area (Å²) in [5.74, 6) is 0. The zero-order valence-electron chi connectivity index (χ0n) is 8.64. The van der Waals surface area contributed by atoms with Crippen LogP contribution in [-0.2, 0) is 10.0 Å². The molecule has 100 valence electrons. The Balaban J connectivity index is 3.10. The number of hydrogen-bond donors (Lipinski definition) is 1. The molecule has 0 atom stereocenters. The molecule has 1 rings (SSSR count). The van der Waals surface area contributed by atoms with E-state index in [9.17, 15) is 31.7 Å². The van der Waals surface area contributed by atoms with Gasteiger partial charge in [0, 0.05) is 6.07 Å². The van der Waals surface area contributed by atoms with Crippen LogP contribution in [0.5, 0.6) is 0 Å². The van der Waals surface area contributed by atoms with E-state index in [0.717, 1.165) is 12.1 Å². The highest BCUT2D eigenvalue weighted by atomic mass is 32.2. The van der Waals surface area contributed by atoms with Crippen molar-refractivity contribution >= 4 is 15.7 Å². The zero-order chi connectivity index (χ0) is 14.0. The zero-order valence-corrected chi connectivity index (χ0v) is 9.46. The third kappa shape index (κ3) is 3.67. The molecule has 1 N–H and O–H groups in total. The molecule has 10 heteroatoms. The molecule has 0 bridgehead atoms. The van der Waals surface area contributed by atoms with Crippen LogP contribution in [0, 0.1) is 10.1 Å². The predicted octanol–water partition coefficient (Wildman–Crippen LogP) is 1.44. The first-order valence-electron chi connectivity index (χ1n) is 4.43. The fourth-order valence-electron chi connectivity index (χ4n) is 1.09. The summed E-state index contributed by atoms with van der Waals surface area (Å²) in [5.41, 5.74) is -0.785. The quantitative estimate of drug-likeness (QED) is 0.669. The summed E-state index contributed by atoms with van der Waals surface area (Å²) < 4.78 is 59.9. The number of nitro benzene ring substituents is 1. The summed E-state index contributed by atoms with van der Waals surface area (Å²) >= 11 is 0. The Morgan fingerprint density at radius 1 is 1.28 bits per heavy atom. The number of sulfonamides is 1. The van der Waals surface area contributed by atoms with E-state index in [1.54, 1.807) is 0 Å². The Kier molecular flexibility index (Phi) is 3.92. The number of nitrogens with zero attached hydrogens (tertiary/aromatic N) is 1. The summed E-state index contributed by atoms with van der Waals surface area (Å²) in [6.07, 6.45) is -4.74. The molecule has 18 heavy (non-hydrogen) atoms. The van der Waals surface area contributed by atoms with Gasteiger partial charge >= 0.3 is 6.18 Å². The van der Waals surface area contributed by atoms with Crippen molar-refractivity contribution in [2.24, 2.45) is 0 Å². The second kappa shape index (κ2) is 4.90. The average molecular weight is 284 g/mol. The van der Waals surface area contributed by atoms with Crippen molar-refractivity contribution in [1.82, 2.24) is 4.72 Å². The van der Waals surface area contributed by atoms with Crippen molar-refractivity contribution in [3.63, 3.8) is 0 Å². The van der Waals surface area contributed by atoms with E-state index in [2.05, 4.69) is 0 Å². The molecule has 0 aliphatic rings. The highest BCUT2D eigenvalue weighted by Gasteiger charge is 2.32. The maximum Gasteiger partial charge on any atom is 0.402 e. The van der Waals surface area contributed by atoms with Crippen molar-refractivity contribution in [2.75, 3.05) is 6.54 Å². The van der Waals surface area contributed by atoms with E-state index >= 15 is 0 Å². The van der Waals surface area contributed by atoms with Gasteiger partial charge in [-0.15, -0.1) is 0 Å². The lowest BCUT2D eigenvalue weighted by molar-refractivity contribution is -0.387. The van der Waals surface area contributed by atoms with Crippen LogP contribution in [0.1, 0.15) is 0 Å². The molecule has 1 aromatic carbocycles. The maximum atomic E-state index is 11.9. The molecule has 0 unspecified atom stereocenters. The van der Waals surface area contributed by atoms with Gasteiger partial charge in [-0.3, -0.25) is 10.1 Å². The molecule has 0 aliphatic carbocycles. The number of hydrogen-bond acceptors (Lipinski definition) is 4.